The van der Waals surface area contributed by atoms with E-state index in [0.29, 0.717) is 5.82 Å². The van der Waals surface area contributed by atoms with Crippen LogP contribution in [0.5, 0.6) is 0 Å². The maximum Gasteiger partial charge on any atom is 0.244 e. The van der Waals surface area contributed by atoms with Gasteiger partial charge in [-0.25, -0.2) is 18.1 Å². The zero-order valence-corrected chi connectivity index (χ0v) is 11.9. The largest absolute Gasteiger partial charge is 0.372 e. The topological polar surface area (TPSA) is 71.1 Å². The molecule has 1 saturated heterocycles. The molecular formula is C11H17N3O2S2. The summed E-state index contributed by atoms with van der Waals surface area (Å²) in [5, 5.41) is 2.80. The Bertz CT molecular complexity index is 499. The number of anilines is 1. The molecule has 0 aliphatic carbocycles. The highest BCUT2D eigenvalue weighted by Gasteiger charge is 2.24. The SMILES string of the molecule is CNc1ncccc1S(=O)(=O)NC1CCSCC1. The van der Waals surface area contributed by atoms with E-state index in [1.54, 1.807) is 25.4 Å². The lowest BCUT2D eigenvalue weighted by atomic mass is 10.2. The number of thioether (sulfide) groups is 1. The monoisotopic (exact) mass is 287 g/mol. The molecule has 0 atom stereocenters. The maximum absolute atomic E-state index is 12.3. The van der Waals surface area contributed by atoms with E-state index in [4.69, 9.17) is 0 Å². The van der Waals surface area contributed by atoms with Gasteiger partial charge in [0.25, 0.3) is 0 Å². The Morgan fingerprint density at radius 1 is 1.39 bits per heavy atom. The zero-order valence-electron chi connectivity index (χ0n) is 10.2. The first-order valence-electron chi connectivity index (χ1n) is 5.86. The van der Waals surface area contributed by atoms with Gasteiger partial charge in [0.05, 0.1) is 0 Å². The normalized spacial score (nSPS) is 17.6. The van der Waals surface area contributed by atoms with Crippen LogP contribution in [0.2, 0.25) is 0 Å². The first-order valence-corrected chi connectivity index (χ1v) is 8.50. The van der Waals surface area contributed by atoms with Crippen LogP contribution in [-0.4, -0.2) is 38.0 Å². The van der Waals surface area contributed by atoms with Crippen molar-refractivity contribution in [2.45, 2.75) is 23.8 Å². The summed E-state index contributed by atoms with van der Waals surface area (Å²) in [6.07, 6.45) is 3.35. The first kappa shape index (κ1) is 13.6. The molecule has 1 fully saturated rings. The van der Waals surface area contributed by atoms with Gasteiger partial charge >= 0.3 is 0 Å². The molecule has 1 aliphatic rings. The summed E-state index contributed by atoms with van der Waals surface area (Å²) in [6.45, 7) is 0. The first-order chi connectivity index (χ1) is 8.63. The minimum absolute atomic E-state index is 0.0427. The van der Waals surface area contributed by atoms with Crippen LogP contribution in [0, 0.1) is 0 Å². The number of hydrogen-bond acceptors (Lipinski definition) is 5. The lowest BCUT2D eigenvalue weighted by molar-refractivity contribution is 0.529. The van der Waals surface area contributed by atoms with Crippen LogP contribution in [-0.2, 0) is 10.0 Å². The second-order valence-electron chi connectivity index (χ2n) is 4.11. The van der Waals surface area contributed by atoms with E-state index < -0.39 is 10.0 Å². The molecule has 1 aromatic heterocycles. The highest BCUT2D eigenvalue weighted by Crippen LogP contribution is 2.21. The molecule has 0 radical (unpaired) electrons. The Balaban J connectivity index is 2.19. The maximum atomic E-state index is 12.3. The molecule has 2 N–H and O–H groups in total. The summed E-state index contributed by atoms with van der Waals surface area (Å²) in [6, 6.07) is 3.24. The molecule has 0 bridgehead atoms. The molecule has 18 heavy (non-hydrogen) atoms. The van der Waals surface area contributed by atoms with Crippen molar-refractivity contribution >= 4 is 27.6 Å². The molecule has 0 aromatic carbocycles. The molecule has 0 amide bonds. The summed E-state index contributed by atoms with van der Waals surface area (Å²) in [4.78, 5) is 4.24. The summed E-state index contributed by atoms with van der Waals surface area (Å²) in [5.41, 5.74) is 0. The van der Waals surface area contributed by atoms with Gasteiger partial charge in [-0.1, -0.05) is 0 Å². The molecule has 100 valence electrons. The number of aromatic nitrogens is 1. The van der Waals surface area contributed by atoms with E-state index in [-0.39, 0.29) is 10.9 Å². The number of nitrogens with zero attached hydrogens (tertiary/aromatic N) is 1. The molecule has 5 nitrogen and oxygen atoms in total. The predicted octanol–water partition coefficient (Wildman–Crippen LogP) is 1.30. The fourth-order valence-corrected chi connectivity index (χ4v) is 4.47. The van der Waals surface area contributed by atoms with Gasteiger partial charge in [0.2, 0.25) is 10.0 Å². The number of sulfonamides is 1. The minimum atomic E-state index is -3.49. The molecular weight excluding hydrogens is 270 g/mol. The Kier molecular flexibility index (Phi) is 4.47. The Hall–Kier alpha value is -0.790. The van der Waals surface area contributed by atoms with Crippen molar-refractivity contribution in [2.24, 2.45) is 0 Å². The van der Waals surface area contributed by atoms with E-state index in [0.717, 1.165) is 24.3 Å². The van der Waals surface area contributed by atoms with Crippen LogP contribution in [0.3, 0.4) is 0 Å². The summed E-state index contributed by atoms with van der Waals surface area (Å²) < 4.78 is 27.3. The van der Waals surface area contributed by atoms with E-state index in [9.17, 15) is 8.42 Å². The van der Waals surface area contributed by atoms with E-state index in [2.05, 4.69) is 15.0 Å². The van der Waals surface area contributed by atoms with Crippen LogP contribution in [0.25, 0.3) is 0 Å². The van der Waals surface area contributed by atoms with Crippen LogP contribution >= 0.6 is 11.8 Å². The fourth-order valence-electron chi connectivity index (χ4n) is 1.89. The van der Waals surface area contributed by atoms with E-state index in [1.165, 1.54) is 0 Å². The van der Waals surface area contributed by atoms with Crippen LogP contribution in [0.4, 0.5) is 5.82 Å². The van der Waals surface area contributed by atoms with Crippen molar-refractivity contribution in [3.8, 4) is 0 Å². The molecule has 1 aliphatic heterocycles. The van der Waals surface area contributed by atoms with Gasteiger partial charge in [0.1, 0.15) is 10.7 Å². The van der Waals surface area contributed by atoms with E-state index >= 15 is 0 Å². The van der Waals surface area contributed by atoms with Crippen molar-refractivity contribution in [1.29, 1.82) is 0 Å². The van der Waals surface area contributed by atoms with Gasteiger partial charge in [-0.2, -0.15) is 11.8 Å². The van der Waals surface area contributed by atoms with Gasteiger partial charge in [0.15, 0.2) is 0 Å². The fraction of sp³-hybridized carbons (Fsp3) is 0.545. The van der Waals surface area contributed by atoms with Crippen LogP contribution < -0.4 is 10.0 Å². The minimum Gasteiger partial charge on any atom is -0.372 e. The van der Waals surface area contributed by atoms with Crippen molar-refractivity contribution < 1.29 is 8.42 Å². The van der Waals surface area contributed by atoms with Crippen molar-refractivity contribution in [3.05, 3.63) is 18.3 Å². The summed E-state index contributed by atoms with van der Waals surface area (Å²) in [7, 11) is -1.82. The Labute approximate surface area is 112 Å². The Morgan fingerprint density at radius 3 is 2.78 bits per heavy atom. The van der Waals surface area contributed by atoms with Gasteiger partial charge < -0.3 is 5.32 Å². The van der Waals surface area contributed by atoms with Crippen LogP contribution in [0.15, 0.2) is 23.2 Å². The molecule has 1 aromatic rings. The quantitative estimate of drug-likeness (QED) is 0.873. The van der Waals surface area contributed by atoms with Gasteiger partial charge in [0, 0.05) is 19.3 Å². The molecule has 0 unspecified atom stereocenters. The number of nitrogens with one attached hydrogen (secondary N) is 2. The number of pyridine rings is 1. The average molecular weight is 287 g/mol. The second-order valence-corrected chi connectivity index (χ2v) is 7.02. The highest BCUT2D eigenvalue weighted by molar-refractivity contribution is 7.99. The summed E-state index contributed by atoms with van der Waals surface area (Å²) >= 11 is 1.87. The average Bonchev–Trinajstić information content (AvgIpc) is 2.39. The standard InChI is InChI=1S/C11H17N3O2S2/c1-12-11-10(3-2-6-13-11)18(15,16)14-9-4-7-17-8-5-9/h2-3,6,9,14H,4-5,7-8H2,1H3,(H,12,13). The lowest BCUT2D eigenvalue weighted by Gasteiger charge is -2.22. The van der Waals surface area contributed by atoms with Gasteiger partial charge in [-0.05, 0) is 36.5 Å². The van der Waals surface area contributed by atoms with E-state index in [1.807, 2.05) is 11.8 Å². The Morgan fingerprint density at radius 2 is 2.11 bits per heavy atom. The summed E-state index contributed by atoms with van der Waals surface area (Å²) in [5.74, 6) is 2.41. The zero-order chi connectivity index (χ0) is 13.0. The smallest absolute Gasteiger partial charge is 0.244 e. The third-order valence-corrected chi connectivity index (χ3v) is 5.44. The van der Waals surface area contributed by atoms with Crippen molar-refractivity contribution in [1.82, 2.24) is 9.71 Å². The second kappa shape index (κ2) is 5.90. The number of hydrogen-bond donors (Lipinski definition) is 2. The lowest BCUT2D eigenvalue weighted by Crippen LogP contribution is -2.37. The van der Waals surface area contributed by atoms with Crippen molar-refractivity contribution in [2.75, 3.05) is 23.9 Å². The molecule has 0 spiro atoms. The van der Waals surface area contributed by atoms with Gasteiger partial charge in [-0.3, -0.25) is 0 Å². The molecule has 7 heteroatoms. The molecule has 2 heterocycles. The highest BCUT2D eigenvalue weighted by atomic mass is 32.2. The number of rotatable bonds is 4. The van der Waals surface area contributed by atoms with Gasteiger partial charge in [-0.15, -0.1) is 0 Å². The molecule has 2 rings (SSSR count). The third kappa shape index (κ3) is 3.15. The molecule has 0 saturated carbocycles. The predicted molar refractivity (Wildman–Crippen MR) is 74.5 cm³/mol. The van der Waals surface area contributed by atoms with Crippen LogP contribution in [0.1, 0.15) is 12.8 Å². The van der Waals surface area contributed by atoms with Crippen molar-refractivity contribution in [3.63, 3.8) is 0 Å². The third-order valence-electron chi connectivity index (χ3n) is 2.84.